The molecular formula is C20H22N6O3. The molecule has 0 bridgehead atoms. The number of nitrogens with zero attached hydrogens (tertiary/aromatic N) is 4. The third-order valence-corrected chi connectivity index (χ3v) is 3.88. The van der Waals surface area contributed by atoms with Gasteiger partial charge in [-0.2, -0.15) is 4.80 Å². The normalized spacial score (nSPS) is 10.7. The van der Waals surface area contributed by atoms with Gasteiger partial charge in [-0.3, -0.25) is 20.4 Å². The molecule has 3 aromatic rings. The first-order valence-corrected chi connectivity index (χ1v) is 9.14. The second-order valence-electron chi connectivity index (χ2n) is 6.57. The summed E-state index contributed by atoms with van der Waals surface area (Å²) in [7, 11) is 0. The molecule has 0 atom stereocenters. The lowest BCUT2D eigenvalue weighted by Gasteiger charge is -2.09. The van der Waals surface area contributed by atoms with Gasteiger partial charge in [0.1, 0.15) is 6.54 Å². The molecule has 0 aliphatic heterocycles. The molecule has 0 radical (unpaired) electrons. The van der Waals surface area contributed by atoms with Gasteiger partial charge >= 0.3 is 0 Å². The number of hydrogen-bond donors (Lipinski definition) is 2. The SMILES string of the molecule is CC(C)OCc1ccc(C(=O)NNC(=O)Cn2nnc(-c3ccccc3)n2)cc1. The maximum atomic E-state index is 12.2. The van der Waals surface area contributed by atoms with Crippen LogP contribution in [-0.4, -0.2) is 38.1 Å². The summed E-state index contributed by atoms with van der Waals surface area (Å²) >= 11 is 0. The first kappa shape index (κ1) is 20.2. The lowest BCUT2D eigenvalue weighted by atomic mass is 10.1. The number of aromatic nitrogens is 4. The van der Waals surface area contributed by atoms with Crippen molar-refractivity contribution in [3.05, 3.63) is 65.7 Å². The van der Waals surface area contributed by atoms with Crippen molar-refractivity contribution in [3.8, 4) is 11.4 Å². The number of carbonyl (C=O) groups is 2. The van der Waals surface area contributed by atoms with Crippen LogP contribution in [0.4, 0.5) is 0 Å². The molecule has 2 amide bonds. The quantitative estimate of drug-likeness (QED) is 0.591. The molecule has 2 aromatic carbocycles. The summed E-state index contributed by atoms with van der Waals surface area (Å²) in [5.41, 5.74) is 6.89. The molecule has 0 fully saturated rings. The molecule has 0 aliphatic carbocycles. The van der Waals surface area contributed by atoms with E-state index in [4.69, 9.17) is 4.74 Å². The summed E-state index contributed by atoms with van der Waals surface area (Å²) in [5.74, 6) is -0.479. The smallest absolute Gasteiger partial charge is 0.269 e. The predicted molar refractivity (Wildman–Crippen MR) is 105 cm³/mol. The molecule has 1 aromatic heterocycles. The number of carbonyl (C=O) groups excluding carboxylic acids is 2. The molecule has 150 valence electrons. The minimum Gasteiger partial charge on any atom is -0.374 e. The number of hydrazine groups is 1. The Morgan fingerprint density at radius 2 is 1.76 bits per heavy atom. The van der Waals surface area contributed by atoms with Crippen LogP contribution in [-0.2, 0) is 22.7 Å². The van der Waals surface area contributed by atoms with Gasteiger partial charge in [-0.1, -0.05) is 42.5 Å². The van der Waals surface area contributed by atoms with E-state index in [1.54, 1.807) is 12.1 Å². The third-order valence-electron chi connectivity index (χ3n) is 3.88. The second-order valence-corrected chi connectivity index (χ2v) is 6.57. The van der Waals surface area contributed by atoms with E-state index >= 15 is 0 Å². The summed E-state index contributed by atoms with van der Waals surface area (Å²) in [6.45, 7) is 4.22. The zero-order valence-electron chi connectivity index (χ0n) is 16.2. The van der Waals surface area contributed by atoms with Crippen LogP contribution in [0.25, 0.3) is 11.4 Å². The van der Waals surface area contributed by atoms with Gasteiger partial charge in [0.05, 0.1) is 12.7 Å². The molecule has 0 spiro atoms. The molecule has 0 aliphatic rings. The maximum absolute atomic E-state index is 12.2. The Balaban J connectivity index is 1.48. The van der Waals surface area contributed by atoms with Crippen molar-refractivity contribution in [2.75, 3.05) is 0 Å². The fraction of sp³-hybridized carbons (Fsp3) is 0.250. The molecule has 1 heterocycles. The van der Waals surface area contributed by atoms with Crippen molar-refractivity contribution in [3.63, 3.8) is 0 Å². The van der Waals surface area contributed by atoms with Gasteiger partial charge in [-0.25, -0.2) is 0 Å². The first-order valence-electron chi connectivity index (χ1n) is 9.14. The average molecular weight is 394 g/mol. The van der Waals surface area contributed by atoms with Gasteiger partial charge in [0, 0.05) is 11.1 Å². The van der Waals surface area contributed by atoms with Crippen molar-refractivity contribution < 1.29 is 14.3 Å². The maximum Gasteiger partial charge on any atom is 0.269 e. The molecule has 0 saturated heterocycles. The van der Waals surface area contributed by atoms with E-state index < -0.39 is 11.8 Å². The molecule has 9 nitrogen and oxygen atoms in total. The number of tetrazole rings is 1. The highest BCUT2D eigenvalue weighted by Crippen LogP contribution is 2.11. The Labute approximate surface area is 168 Å². The zero-order chi connectivity index (χ0) is 20.6. The number of hydrogen-bond acceptors (Lipinski definition) is 6. The standard InChI is InChI=1S/C20H22N6O3/c1-14(2)29-13-15-8-10-17(11-9-15)20(28)23-21-18(27)12-26-24-19(22-25-26)16-6-4-3-5-7-16/h3-11,14H,12-13H2,1-2H3,(H,21,27)(H,23,28). The van der Waals surface area contributed by atoms with E-state index in [1.165, 1.54) is 0 Å². The molecule has 3 rings (SSSR count). The van der Waals surface area contributed by atoms with Gasteiger partial charge in [-0.05, 0) is 36.8 Å². The van der Waals surface area contributed by atoms with Crippen molar-refractivity contribution >= 4 is 11.8 Å². The summed E-state index contributed by atoms with van der Waals surface area (Å²) in [5, 5.41) is 11.9. The largest absolute Gasteiger partial charge is 0.374 e. The molecule has 2 N–H and O–H groups in total. The van der Waals surface area contributed by atoms with Gasteiger partial charge < -0.3 is 4.74 Å². The predicted octanol–water partition coefficient (Wildman–Crippen LogP) is 1.73. The fourth-order valence-corrected chi connectivity index (χ4v) is 2.39. The summed E-state index contributed by atoms with van der Waals surface area (Å²) in [6.07, 6.45) is 0.136. The van der Waals surface area contributed by atoms with Crippen LogP contribution >= 0.6 is 0 Å². The summed E-state index contributed by atoms with van der Waals surface area (Å²) < 4.78 is 5.52. The van der Waals surface area contributed by atoms with Gasteiger partial charge in [0.25, 0.3) is 11.8 Å². The van der Waals surface area contributed by atoms with Gasteiger partial charge in [0.2, 0.25) is 5.82 Å². The number of rotatable bonds is 7. The van der Waals surface area contributed by atoms with Crippen LogP contribution in [0.1, 0.15) is 29.8 Å². The highest BCUT2D eigenvalue weighted by atomic mass is 16.5. The van der Waals surface area contributed by atoms with Gasteiger partial charge in [0.15, 0.2) is 0 Å². The van der Waals surface area contributed by atoms with E-state index in [9.17, 15) is 9.59 Å². The van der Waals surface area contributed by atoms with Crippen LogP contribution in [0.2, 0.25) is 0 Å². The van der Waals surface area contributed by atoms with Crippen molar-refractivity contribution in [2.45, 2.75) is 33.1 Å². The Morgan fingerprint density at radius 3 is 2.45 bits per heavy atom. The minimum atomic E-state index is -0.475. The molecule has 29 heavy (non-hydrogen) atoms. The van der Waals surface area contributed by atoms with Crippen LogP contribution in [0.15, 0.2) is 54.6 Å². The van der Waals surface area contributed by atoms with Crippen LogP contribution in [0.3, 0.4) is 0 Å². The number of ether oxygens (including phenoxy) is 1. The van der Waals surface area contributed by atoms with E-state index in [-0.39, 0.29) is 12.6 Å². The minimum absolute atomic E-state index is 0.136. The summed E-state index contributed by atoms with van der Waals surface area (Å²) in [6, 6.07) is 16.3. The fourth-order valence-electron chi connectivity index (χ4n) is 2.39. The van der Waals surface area contributed by atoms with Crippen LogP contribution in [0, 0.1) is 0 Å². The monoisotopic (exact) mass is 394 g/mol. The highest BCUT2D eigenvalue weighted by Gasteiger charge is 2.11. The lowest BCUT2D eigenvalue weighted by Crippen LogP contribution is -2.43. The second kappa shape index (κ2) is 9.56. The topological polar surface area (TPSA) is 111 Å². The average Bonchev–Trinajstić information content (AvgIpc) is 3.20. The van der Waals surface area contributed by atoms with E-state index in [2.05, 4.69) is 26.3 Å². The lowest BCUT2D eigenvalue weighted by molar-refractivity contribution is -0.122. The molecule has 9 heteroatoms. The Bertz CT molecular complexity index is 954. The molecule has 0 unspecified atom stereocenters. The Hall–Kier alpha value is -3.59. The molecular weight excluding hydrogens is 372 g/mol. The third kappa shape index (κ3) is 5.94. The van der Waals surface area contributed by atoms with Crippen LogP contribution in [0.5, 0.6) is 0 Å². The summed E-state index contributed by atoms with van der Waals surface area (Å²) in [4.78, 5) is 25.3. The first-order chi connectivity index (χ1) is 14.0. The van der Waals surface area contributed by atoms with Gasteiger partial charge in [-0.15, -0.1) is 10.2 Å². The van der Waals surface area contributed by atoms with E-state index in [0.29, 0.717) is 18.0 Å². The van der Waals surface area contributed by atoms with E-state index in [0.717, 1.165) is 15.9 Å². The van der Waals surface area contributed by atoms with Crippen molar-refractivity contribution in [1.29, 1.82) is 0 Å². The zero-order valence-corrected chi connectivity index (χ0v) is 16.2. The van der Waals surface area contributed by atoms with Crippen LogP contribution < -0.4 is 10.9 Å². The Kier molecular flexibility index (Phi) is 6.64. The van der Waals surface area contributed by atoms with E-state index in [1.807, 2.05) is 56.3 Å². The number of nitrogens with one attached hydrogen (secondary N) is 2. The molecule has 0 saturated carbocycles. The Morgan fingerprint density at radius 1 is 1.03 bits per heavy atom. The van der Waals surface area contributed by atoms with Crippen molar-refractivity contribution in [2.24, 2.45) is 0 Å². The highest BCUT2D eigenvalue weighted by molar-refractivity contribution is 5.95. The number of amides is 2. The van der Waals surface area contributed by atoms with Crippen molar-refractivity contribution in [1.82, 2.24) is 31.1 Å². The number of benzene rings is 2.